The van der Waals surface area contributed by atoms with Crippen molar-refractivity contribution in [3.63, 3.8) is 0 Å². The Hall–Kier alpha value is -1.07. The molecule has 1 aliphatic rings. The van der Waals surface area contributed by atoms with Gasteiger partial charge in [-0.15, -0.1) is 0 Å². The molecule has 1 saturated heterocycles. The maximum Gasteiger partial charge on any atom is 0.406 e. The fourth-order valence-electron chi connectivity index (χ4n) is 1.81. The Balaban J connectivity index is 3.02. The Labute approximate surface area is 98.0 Å². The maximum atomic E-state index is 12.3. The molecule has 0 aromatic carbocycles. The van der Waals surface area contributed by atoms with Gasteiger partial charge in [0.25, 0.3) is 0 Å². The minimum absolute atomic E-state index is 0.161. The van der Waals surface area contributed by atoms with E-state index in [2.05, 4.69) is 0 Å². The summed E-state index contributed by atoms with van der Waals surface area (Å²) in [5, 5.41) is 0. The number of rotatable bonds is 1. The summed E-state index contributed by atoms with van der Waals surface area (Å²) in [4.78, 5) is 23.8. The second kappa shape index (κ2) is 3.71. The molecule has 1 rings (SSSR count). The highest BCUT2D eigenvalue weighted by molar-refractivity contribution is 6.06. The number of carbonyl (C=O) groups is 2. The molecule has 1 heterocycles. The Bertz CT molecular complexity index is 357. The first kappa shape index (κ1) is 14.0. The van der Waals surface area contributed by atoms with Crippen molar-refractivity contribution in [1.29, 1.82) is 0 Å². The summed E-state index contributed by atoms with van der Waals surface area (Å²) < 4.78 is 36.8. The summed E-state index contributed by atoms with van der Waals surface area (Å²) in [5.41, 5.74) is -1.62. The lowest BCUT2D eigenvalue weighted by atomic mass is 9.67. The molecule has 3 nitrogen and oxygen atoms in total. The van der Waals surface area contributed by atoms with Crippen molar-refractivity contribution in [2.75, 3.05) is 6.54 Å². The van der Waals surface area contributed by atoms with E-state index in [1.165, 1.54) is 0 Å². The van der Waals surface area contributed by atoms with E-state index in [9.17, 15) is 22.8 Å². The molecule has 0 bridgehead atoms. The fourth-order valence-corrected chi connectivity index (χ4v) is 1.81. The van der Waals surface area contributed by atoms with Gasteiger partial charge in [-0.05, 0) is 12.3 Å². The summed E-state index contributed by atoms with van der Waals surface area (Å²) >= 11 is 0. The number of likely N-dealkylation sites (tertiary alicyclic amines) is 1. The van der Waals surface area contributed by atoms with Gasteiger partial charge in [0.2, 0.25) is 11.8 Å². The van der Waals surface area contributed by atoms with Crippen LogP contribution in [0.3, 0.4) is 0 Å². The van der Waals surface area contributed by atoms with E-state index in [4.69, 9.17) is 0 Å². The minimum atomic E-state index is -4.55. The van der Waals surface area contributed by atoms with Gasteiger partial charge < -0.3 is 0 Å². The molecular formula is C11H16F3NO2. The summed E-state index contributed by atoms with van der Waals surface area (Å²) in [6.07, 6.45) is -4.71. The van der Waals surface area contributed by atoms with Gasteiger partial charge in [0.1, 0.15) is 6.54 Å². The Morgan fingerprint density at radius 2 is 1.71 bits per heavy atom. The lowest BCUT2D eigenvalue weighted by molar-refractivity contribution is -0.168. The third-order valence-corrected chi connectivity index (χ3v) is 3.52. The molecule has 0 saturated carbocycles. The quantitative estimate of drug-likeness (QED) is 0.671. The largest absolute Gasteiger partial charge is 0.406 e. The Kier molecular flexibility index (Phi) is 3.06. The van der Waals surface area contributed by atoms with Crippen LogP contribution in [0.1, 0.15) is 34.1 Å². The van der Waals surface area contributed by atoms with Crippen LogP contribution in [0.2, 0.25) is 0 Å². The van der Waals surface area contributed by atoms with Gasteiger partial charge in [0.05, 0.1) is 5.41 Å². The summed E-state index contributed by atoms with van der Waals surface area (Å²) in [6, 6.07) is 0. The average Bonchev–Trinajstić information content (AvgIpc) is 2.27. The van der Waals surface area contributed by atoms with Gasteiger partial charge in [-0.1, -0.05) is 20.8 Å². The molecule has 0 spiro atoms. The molecule has 1 aliphatic heterocycles. The van der Waals surface area contributed by atoms with Crippen LogP contribution in [0.4, 0.5) is 13.2 Å². The molecule has 1 fully saturated rings. The normalized spacial score (nSPS) is 26.9. The SMILES string of the molecule is CC(C)(C)C1(C)CC(=O)N(CC(F)(F)F)C1=O. The van der Waals surface area contributed by atoms with Gasteiger partial charge in [0.15, 0.2) is 0 Å². The van der Waals surface area contributed by atoms with Crippen LogP contribution in [0, 0.1) is 10.8 Å². The van der Waals surface area contributed by atoms with Crippen molar-refractivity contribution in [1.82, 2.24) is 4.90 Å². The second-order valence-electron chi connectivity index (χ2n) is 5.66. The third kappa shape index (κ3) is 2.45. The van der Waals surface area contributed by atoms with Gasteiger partial charge in [-0.25, -0.2) is 0 Å². The van der Waals surface area contributed by atoms with E-state index in [-0.39, 0.29) is 6.42 Å². The standard InChI is InChI=1S/C11H16F3NO2/c1-9(2,3)10(4)5-7(16)15(8(10)17)6-11(12,13)14/h5-6H2,1-4H3. The zero-order chi connectivity index (χ0) is 13.6. The molecule has 1 atom stereocenters. The average molecular weight is 251 g/mol. The molecule has 2 amide bonds. The Morgan fingerprint density at radius 1 is 1.24 bits per heavy atom. The van der Waals surface area contributed by atoms with Crippen molar-refractivity contribution >= 4 is 11.8 Å². The van der Waals surface area contributed by atoms with Gasteiger partial charge in [-0.3, -0.25) is 14.5 Å². The van der Waals surface area contributed by atoms with Gasteiger partial charge in [0, 0.05) is 6.42 Å². The lowest BCUT2D eigenvalue weighted by Crippen LogP contribution is -2.44. The van der Waals surface area contributed by atoms with Crippen LogP contribution in [-0.4, -0.2) is 29.4 Å². The van der Waals surface area contributed by atoms with Crippen molar-refractivity contribution in [2.24, 2.45) is 10.8 Å². The number of nitrogens with zero attached hydrogens (tertiary/aromatic N) is 1. The molecule has 0 N–H and O–H groups in total. The monoisotopic (exact) mass is 251 g/mol. The predicted molar refractivity (Wildman–Crippen MR) is 55.0 cm³/mol. The Morgan fingerprint density at radius 3 is 2.00 bits per heavy atom. The van der Waals surface area contributed by atoms with E-state index in [1.54, 1.807) is 27.7 Å². The molecule has 6 heteroatoms. The van der Waals surface area contributed by atoms with Crippen LogP contribution in [0.15, 0.2) is 0 Å². The molecular weight excluding hydrogens is 235 g/mol. The number of halogens is 3. The van der Waals surface area contributed by atoms with Crippen molar-refractivity contribution in [3.05, 3.63) is 0 Å². The number of hydrogen-bond donors (Lipinski definition) is 0. The van der Waals surface area contributed by atoms with Crippen LogP contribution < -0.4 is 0 Å². The molecule has 98 valence electrons. The smallest absolute Gasteiger partial charge is 0.274 e. The van der Waals surface area contributed by atoms with Crippen LogP contribution in [-0.2, 0) is 9.59 Å². The molecule has 0 aromatic heterocycles. The molecule has 0 aromatic rings. The van der Waals surface area contributed by atoms with E-state index in [0.717, 1.165) is 0 Å². The summed E-state index contributed by atoms with van der Waals surface area (Å²) in [6.45, 7) is 5.29. The molecule has 1 unspecified atom stereocenters. The fraction of sp³-hybridized carbons (Fsp3) is 0.818. The van der Waals surface area contributed by atoms with E-state index < -0.39 is 35.4 Å². The lowest BCUT2D eigenvalue weighted by Gasteiger charge is -2.35. The van der Waals surface area contributed by atoms with Crippen LogP contribution in [0.25, 0.3) is 0 Å². The zero-order valence-electron chi connectivity index (χ0n) is 10.3. The first-order chi connectivity index (χ1) is 7.38. The van der Waals surface area contributed by atoms with Crippen LogP contribution in [0.5, 0.6) is 0 Å². The highest BCUT2D eigenvalue weighted by atomic mass is 19.4. The topological polar surface area (TPSA) is 37.4 Å². The summed E-state index contributed by atoms with van der Waals surface area (Å²) in [7, 11) is 0. The molecule has 0 radical (unpaired) electrons. The van der Waals surface area contributed by atoms with Gasteiger partial charge >= 0.3 is 6.18 Å². The van der Waals surface area contributed by atoms with Crippen LogP contribution >= 0.6 is 0 Å². The zero-order valence-corrected chi connectivity index (χ0v) is 10.3. The number of carbonyl (C=O) groups excluding carboxylic acids is 2. The maximum absolute atomic E-state index is 12.3. The van der Waals surface area contributed by atoms with Crippen molar-refractivity contribution in [2.45, 2.75) is 40.3 Å². The molecule has 0 aliphatic carbocycles. The van der Waals surface area contributed by atoms with Crippen molar-refractivity contribution < 1.29 is 22.8 Å². The third-order valence-electron chi connectivity index (χ3n) is 3.52. The van der Waals surface area contributed by atoms with Gasteiger partial charge in [-0.2, -0.15) is 13.2 Å². The van der Waals surface area contributed by atoms with E-state index in [0.29, 0.717) is 4.90 Å². The summed E-state index contributed by atoms with van der Waals surface area (Å²) in [5.74, 6) is -1.47. The first-order valence-electron chi connectivity index (χ1n) is 5.30. The van der Waals surface area contributed by atoms with Crippen molar-refractivity contribution in [3.8, 4) is 0 Å². The highest BCUT2D eigenvalue weighted by Crippen LogP contribution is 2.47. The number of amides is 2. The molecule has 17 heavy (non-hydrogen) atoms. The van der Waals surface area contributed by atoms with E-state index in [1.807, 2.05) is 0 Å². The first-order valence-corrected chi connectivity index (χ1v) is 5.30. The second-order valence-corrected chi connectivity index (χ2v) is 5.66. The predicted octanol–water partition coefficient (Wildman–Crippen LogP) is 2.36. The number of hydrogen-bond acceptors (Lipinski definition) is 2. The highest BCUT2D eigenvalue weighted by Gasteiger charge is 2.56. The number of alkyl halides is 3. The van der Waals surface area contributed by atoms with E-state index >= 15 is 0 Å². The minimum Gasteiger partial charge on any atom is -0.274 e. The number of imide groups is 1.